The van der Waals surface area contributed by atoms with Gasteiger partial charge in [0.2, 0.25) is 17.7 Å². The number of nitrogens with one attached hydrogen (secondary N) is 2. The molecule has 0 bridgehead atoms. The first-order valence-electron chi connectivity index (χ1n) is 12.9. The van der Waals surface area contributed by atoms with Gasteiger partial charge in [0.15, 0.2) is 0 Å². The van der Waals surface area contributed by atoms with E-state index in [0.717, 1.165) is 12.8 Å². The van der Waals surface area contributed by atoms with Gasteiger partial charge in [-0.1, -0.05) is 32.4 Å². The van der Waals surface area contributed by atoms with Gasteiger partial charge >= 0.3 is 6.09 Å². The van der Waals surface area contributed by atoms with Crippen LogP contribution in [-0.4, -0.2) is 57.5 Å². The summed E-state index contributed by atoms with van der Waals surface area (Å²) in [7, 11) is 0. The molecule has 1 aliphatic carbocycles. The number of carbonyl (C=O) groups excluding carboxylic acids is 4. The summed E-state index contributed by atoms with van der Waals surface area (Å²) in [6.07, 6.45) is 1.35. The number of hydrogen-bond donors (Lipinski definition) is 4. The second-order valence-electron chi connectivity index (χ2n) is 10.9. The first-order valence-corrected chi connectivity index (χ1v) is 12.9. The molecule has 0 saturated heterocycles. The Labute approximate surface area is 219 Å². The number of benzene rings is 1. The van der Waals surface area contributed by atoms with Crippen LogP contribution in [0.1, 0.15) is 85.3 Å². The van der Waals surface area contributed by atoms with E-state index in [1.807, 2.05) is 20.8 Å². The van der Waals surface area contributed by atoms with E-state index in [0.29, 0.717) is 12.0 Å². The predicted octanol–water partition coefficient (Wildman–Crippen LogP) is 3.13. The summed E-state index contributed by atoms with van der Waals surface area (Å²) < 4.78 is 5.34. The van der Waals surface area contributed by atoms with Crippen LogP contribution in [0.3, 0.4) is 0 Å². The average molecular weight is 519 g/mol. The zero-order valence-electron chi connectivity index (χ0n) is 22.7. The number of nitrogens with zero attached hydrogens (tertiary/aromatic N) is 1. The van der Waals surface area contributed by atoms with E-state index >= 15 is 0 Å². The minimum atomic E-state index is -1.13. The van der Waals surface area contributed by atoms with Gasteiger partial charge in [-0.05, 0) is 70.6 Å². The molecule has 0 heterocycles. The first kappa shape index (κ1) is 29.9. The maximum absolute atomic E-state index is 14.1. The topological polar surface area (TPSA) is 151 Å². The average Bonchev–Trinajstić information content (AvgIpc) is 3.49. The van der Waals surface area contributed by atoms with E-state index in [4.69, 9.17) is 10.5 Å². The summed E-state index contributed by atoms with van der Waals surface area (Å²) in [5, 5.41) is 15.4. The van der Waals surface area contributed by atoms with Crippen LogP contribution in [0.5, 0.6) is 5.75 Å². The number of rotatable bonds is 12. The molecule has 0 aromatic heterocycles. The molecular weight excluding hydrogens is 476 g/mol. The number of phenols is 1. The zero-order valence-corrected chi connectivity index (χ0v) is 22.7. The minimum Gasteiger partial charge on any atom is -0.508 e. The number of nitrogens with two attached hydrogens (primary N) is 1. The zero-order chi connectivity index (χ0) is 27.9. The van der Waals surface area contributed by atoms with Crippen LogP contribution in [0.15, 0.2) is 24.3 Å². The molecule has 1 aromatic carbocycles. The van der Waals surface area contributed by atoms with Crippen molar-refractivity contribution in [1.29, 1.82) is 0 Å². The Balaban J connectivity index is 2.48. The lowest BCUT2D eigenvalue weighted by Gasteiger charge is -2.35. The molecule has 1 saturated carbocycles. The summed E-state index contributed by atoms with van der Waals surface area (Å²) in [6.45, 7) is 11.0. The molecule has 4 amide bonds. The highest BCUT2D eigenvalue weighted by Crippen LogP contribution is 2.41. The molecule has 0 radical (unpaired) electrons. The van der Waals surface area contributed by atoms with Crippen LogP contribution in [0.4, 0.5) is 4.79 Å². The molecule has 2 rings (SSSR count). The molecule has 5 atom stereocenters. The fourth-order valence-corrected chi connectivity index (χ4v) is 4.27. The van der Waals surface area contributed by atoms with Gasteiger partial charge in [0.1, 0.15) is 23.4 Å². The van der Waals surface area contributed by atoms with E-state index in [1.165, 1.54) is 17.0 Å². The summed E-state index contributed by atoms with van der Waals surface area (Å²) in [5.41, 5.74) is 5.07. The van der Waals surface area contributed by atoms with Gasteiger partial charge in [0, 0.05) is 18.5 Å². The molecule has 5 N–H and O–H groups in total. The second kappa shape index (κ2) is 12.8. The van der Waals surface area contributed by atoms with Crippen LogP contribution in [0.25, 0.3) is 0 Å². The van der Waals surface area contributed by atoms with Gasteiger partial charge in [0.05, 0.1) is 0 Å². The Morgan fingerprint density at radius 1 is 1.14 bits per heavy atom. The lowest BCUT2D eigenvalue weighted by atomic mass is 10.00. The van der Waals surface area contributed by atoms with Crippen molar-refractivity contribution in [2.24, 2.45) is 11.7 Å². The lowest BCUT2D eigenvalue weighted by Crippen LogP contribution is -2.54. The third-order valence-electron chi connectivity index (χ3n) is 6.19. The molecule has 206 valence electrons. The quantitative estimate of drug-likeness (QED) is 0.334. The van der Waals surface area contributed by atoms with Crippen LogP contribution in [-0.2, 0) is 19.1 Å². The number of alkyl carbamates (subject to hydrolysis) is 1. The number of amides is 4. The van der Waals surface area contributed by atoms with Crippen molar-refractivity contribution in [3.8, 4) is 5.75 Å². The summed E-state index contributed by atoms with van der Waals surface area (Å²) in [5.74, 6) is -1.30. The molecule has 5 unspecified atom stereocenters. The third kappa shape index (κ3) is 9.26. The molecule has 37 heavy (non-hydrogen) atoms. The van der Waals surface area contributed by atoms with Gasteiger partial charge < -0.3 is 31.1 Å². The van der Waals surface area contributed by atoms with Crippen molar-refractivity contribution >= 4 is 23.8 Å². The van der Waals surface area contributed by atoms with Gasteiger partial charge in [-0.3, -0.25) is 14.4 Å². The maximum Gasteiger partial charge on any atom is 0.408 e. The fraction of sp³-hybridized carbons (Fsp3) is 0.630. The molecule has 0 spiro atoms. The number of carbonyl (C=O) groups is 4. The highest BCUT2D eigenvalue weighted by atomic mass is 16.6. The van der Waals surface area contributed by atoms with Crippen molar-refractivity contribution in [1.82, 2.24) is 15.5 Å². The van der Waals surface area contributed by atoms with E-state index in [1.54, 1.807) is 32.9 Å². The molecular formula is C27H42N4O6. The van der Waals surface area contributed by atoms with Crippen LogP contribution in [0, 0.1) is 5.92 Å². The highest BCUT2D eigenvalue weighted by molar-refractivity contribution is 5.93. The SMILES string of the molecule is CCCC(C)NC(=O)C(c1ccc(O)cc1)N(C(=O)C(CCC(N)=O)NC(=O)OC(C)(C)C)C1CC1C. The largest absolute Gasteiger partial charge is 0.508 e. The molecule has 10 nitrogen and oxygen atoms in total. The number of hydrogen-bond acceptors (Lipinski definition) is 6. The van der Waals surface area contributed by atoms with Crippen molar-refractivity contribution in [2.75, 3.05) is 0 Å². The number of aromatic hydroxyl groups is 1. The second-order valence-corrected chi connectivity index (χ2v) is 10.9. The Morgan fingerprint density at radius 3 is 2.22 bits per heavy atom. The third-order valence-corrected chi connectivity index (χ3v) is 6.19. The maximum atomic E-state index is 14.1. The Morgan fingerprint density at radius 2 is 1.73 bits per heavy atom. The van der Waals surface area contributed by atoms with Crippen LogP contribution >= 0.6 is 0 Å². The molecule has 0 aliphatic heterocycles. The highest BCUT2D eigenvalue weighted by Gasteiger charge is 2.48. The van der Waals surface area contributed by atoms with Crippen molar-refractivity contribution in [3.63, 3.8) is 0 Å². The Hall–Kier alpha value is -3.30. The van der Waals surface area contributed by atoms with Crippen LogP contribution in [0.2, 0.25) is 0 Å². The van der Waals surface area contributed by atoms with E-state index in [9.17, 15) is 24.3 Å². The molecule has 10 heteroatoms. The molecule has 1 aliphatic rings. The lowest BCUT2D eigenvalue weighted by molar-refractivity contribution is -0.144. The minimum absolute atomic E-state index is 0.0332. The number of ether oxygens (including phenoxy) is 1. The molecule has 1 fully saturated rings. The smallest absolute Gasteiger partial charge is 0.408 e. The van der Waals surface area contributed by atoms with Gasteiger partial charge in [-0.2, -0.15) is 0 Å². The van der Waals surface area contributed by atoms with Crippen molar-refractivity contribution in [2.45, 2.75) is 103 Å². The monoisotopic (exact) mass is 518 g/mol. The van der Waals surface area contributed by atoms with Crippen molar-refractivity contribution < 1.29 is 29.0 Å². The number of primary amides is 1. The summed E-state index contributed by atoms with van der Waals surface area (Å²) >= 11 is 0. The fourth-order valence-electron chi connectivity index (χ4n) is 4.27. The van der Waals surface area contributed by atoms with E-state index in [-0.39, 0.29) is 42.5 Å². The molecule has 1 aromatic rings. The first-order chi connectivity index (χ1) is 17.2. The normalized spacial score (nSPS) is 19.2. The number of phenolic OH excluding ortho intramolecular Hbond substituents is 1. The standard InChI is InChI=1S/C27H42N4O6/c1-7-8-17(3)29-24(34)23(18-9-11-19(32)12-10-18)31(21-15-16(21)2)25(35)20(13-14-22(28)33)30-26(36)37-27(4,5)6/h9-12,16-17,20-21,23,32H,7-8,13-15H2,1-6H3,(H2,28,33)(H,29,34)(H,30,36). The Bertz CT molecular complexity index is 959. The van der Waals surface area contributed by atoms with Gasteiger partial charge in [0.25, 0.3) is 0 Å². The van der Waals surface area contributed by atoms with E-state index < -0.39 is 35.6 Å². The van der Waals surface area contributed by atoms with Gasteiger partial charge in [-0.25, -0.2) is 4.79 Å². The van der Waals surface area contributed by atoms with E-state index in [2.05, 4.69) is 10.6 Å². The Kier molecular flexibility index (Phi) is 10.3. The summed E-state index contributed by atoms with van der Waals surface area (Å²) in [6, 6.07) is 3.66. The van der Waals surface area contributed by atoms with Crippen LogP contribution < -0.4 is 16.4 Å². The predicted molar refractivity (Wildman–Crippen MR) is 139 cm³/mol. The van der Waals surface area contributed by atoms with Gasteiger partial charge in [-0.15, -0.1) is 0 Å². The summed E-state index contributed by atoms with van der Waals surface area (Å²) in [4.78, 5) is 53.4. The van der Waals surface area contributed by atoms with Crippen molar-refractivity contribution in [3.05, 3.63) is 29.8 Å².